The van der Waals surface area contributed by atoms with Gasteiger partial charge in [-0.15, -0.1) is 0 Å². The van der Waals surface area contributed by atoms with Gasteiger partial charge in [0.1, 0.15) is 0 Å². The zero-order valence-corrected chi connectivity index (χ0v) is 34.5. The number of nitriles is 3. The predicted octanol–water partition coefficient (Wildman–Crippen LogP) is 14.8. The molecule has 0 saturated carbocycles. The van der Waals surface area contributed by atoms with E-state index in [0.717, 1.165) is 78.7 Å². The summed E-state index contributed by atoms with van der Waals surface area (Å²) in [7, 11) is 0. The Labute approximate surface area is 371 Å². The van der Waals surface area contributed by atoms with Crippen LogP contribution in [0.1, 0.15) is 16.7 Å². The second-order valence-corrected chi connectivity index (χ2v) is 15.3. The second kappa shape index (κ2) is 17.0. The molecule has 1 aromatic heterocycles. The SMILES string of the molecule is N#Cc1cccc(N(c2ccccc2)c2cccc(-n3c4ccc(N(c5ccccc5)c5cccc(C#N)c5)cc4c4cc(N(c5ccccc5)c5cccc(C#N)c5)ccc43)c2)c1. The van der Waals surface area contributed by atoms with Crippen molar-refractivity contribution in [2.75, 3.05) is 14.7 Å². The number of nitrogens with zero attached hydrogens (tertiary/aromatic N) is 7. The van der Waals surface area contributed by atoms with E-state index in [-0.39, 0.29) is 0 Å². The largest absolute Gasteiger partial charge is 0.310 e. The van der Waals surface area contributed by atoms with E-state index in [1.807, 2.05) is 127 Å². The van der Waals surface area contributed by atoms with E-state index in [1.54, 1.807) is 0 Å². The summed E-state index contributed by atoms with van der Waals surface area (Å²) in [5.74, 6) is 0. The lowest BCUT2D eigenvalue weighted by atomic mass is 10.1. The van der Waals surface area contributed by atoms with E-state index in [1.165, 1.54) is 0 Å². The molecule has 0 unspecified atom stereocenters. The van der Waals surface area contributed by atoms with Crippen LogP contribution >= 0.6 is 0 Å². The molecule has 0 amide bonds. The van der Waals surface area contributed by atoms with Gasteiger partial charge in [-0.25, -0.2) is 0 Å². The maximum absolute atomic E-state index is 9.92. The van der Waals surface area contributed by atoms with Crippen molar-refractivity contribution in [3.8, 4) is 23.9 Å². The molecule has 10 aromatic rings. The van der Waals surface area contributed by atoms with Crippen LogP contribution in [0.5, 0.6) is 0 Å². The van der Waals surface area contributed by atoms with Gasteiger partial charge in [0.2, 0.25) is 0 Å². The minimum Gasteiger partial charge on any atom is -0.310 e. The zero-order valence-electron chi connectivity index (χ0n) is 34.5. The molecule has 0 aliphatic heterocycles. The maximum Gasteiger partial charge on any atom is 0.0992 e. The highest BCUT2D eigenvalue weighted by Crippen LogP contribution is 2.44. The molecule has 0 aliphatic rings. The van der Waals surface area contributed by atoms with Gasteiger partial charge < -0.3 is 19.3 Å². The average molecular weight is 820 g/mol. The summed E-state index contributed by atoms with van der Waals surface area (Å²) in [6.07, 6.45) is 0. The quantitative estimate of drug-likeness (QED) is 0.137. The number of anilines is 9. The topological polar surface area (TPSA) is 86.0 Å². The molecule has 7 heteroatoms. The van der Waals surface area contributed by atoms with Gasteiger partial charge in [0, 0.05) is 67.6 Å². The Balaban J connectivity index is 1.22. The fraction of sp³-hybridized carbons (Fsp3) is 0. The van der Waals surface area contributed by atoms with Crippen molar-refractivity contribution >= 4 is 73.0 Å². The van der Waals surface area contributed by atoms with Crippen LogP contribution in [0.25, 0.3) is 27.5 Å². The first kappa shape index (κ1) is 38.8. The molecule has 0 fully saturated rings. The van der Waals surface area contributed by atoms with Crippen molar-refractivity contribution in [2.45, 2.75) is 0 Å². The van der Waals surface area contributed by atoms with E-state index < -0.39 is 0 Å². The summed E-state index contributed by atoms with van der Waals surface area (Å²) in [6, 6.07) is 82.2. The zero-order chi connectivity index (χ0) is 43.4. The first-order valence-electron chi connectivity index (χ1n) is 20.8. The number of benzene rings is 9. The fourth-order valence-corrected chi connectivity index (χ4v) is 8.54. The third-order valence-corrected chi connectivity index (χ3v) is 11.3. The monoisotopic (exact) mass is 819 g/mol. The molecule has 1 heterocycles. The van der Waals surface area contributed by atoms with E-state index in [4.69, 9.17) is 0 Å². The van der Waals surface area contributed by atoms with Crippen molar-refractivity contribution in [2.24, 2.45) is 0 Å². The molecule has 7 nitrogen and oxygen atoms in total. The normalized spacial score (nSPS) is 10.8. The Morgan fingerprint density at radius 1 is 0.281 bits per heavy atom. The highest BCUT2D eigenvalue weighted by Gasteiger charge is 2.22. The minimum absolute atomic E-state index is 0.575. The molecule has 64 heavy (non-hydrogen) atoms. The molecule has 0 spiro atoms. The lowest BCUT2D eigenvalue weighted by Gasteiger charge is -2.26. The van der Waals surface area contributed by atoms with E-state index in [2.05, 4.69) is 135 Å². The molecule has 0 bridgehead atoms. The van der Waals surface area contributed by atoms with E-state index in [0.29, 0.717) is 16.7 Å². The van der Waals surface area contributed by atoms with Gasteiger partial charge in [0.05, 0.1) is 45.9 Å². The number of aromatic nitrogens is 1. The molecule has 0 aliphatic carbocycles. The Hall–Kier alpha value is -9.35. The lowest BCUT2D eigenvalue weighted by molar-refractivity contribution is 1.17. The fourth-order valence-electron chi connectivity index (χ4n) is 8.54. The van der Waals surface area contributed by atoms with Gasteiger partial charge in [0.15, 0.2) is 0 Å². The molecule has 0 saturated heterocycles. The summed E-state index contributed by atoms with van der Waals surface area (Å²) in [5, 5.41) is 31.8. The molecule has 9 aromatic carbocycles. The highest BCUT2D eigenvalue weighted by molar-refractivity contribution is 6.12. The molecular weight excluding hydrogens is 783 g/mol. The molecule has 0 radical (unpaired) electrons. The predicted molar refractivity (Wildman–Crippen MR) is 259 cm³/mol. The summed E-state index contributed by atoms with van der Waals surface area (Å²) in [4.78, 5) is 6.55. The van der Waals surface area contributed by atoms with Crippen LogP contribution in [0.15, 0.2) is 224 Å². The van der Waals surface area contributed by atoms with Gasteiger partial charge in [-0.2, -0.15) is 15.8 Å². The Kier molecular flexibility index (Phi) is 10.3. The van der Waals surface area contributed by atoms with E-state index in [9.17, 15) is 15.8 Å². The third-order valence-electron chi connectivity index (χ3n) is 11.3. The summed E-state index contributed by atoms with van der Waals surface area (Å²) >= 11 is 0. The van der Waals surface area contributed by atoms with Gasteiger partial charge in [-0.05, 0) is 146 Å². The number of hydrogen-bond acceptors (Lipinski definition) is 6. The standard InChI is InChI=1S/C57H37N7/c58-38-41-14-10-23-47(32-41)61(44-17-4-1-5-18-44)50-26-13-27-51(35-50)64-56-30-28-52(62(45-19-6-2-7-20-45)48-24-11-15-42(33-48)39-59)36-54(56)55-37-53(29-31-57(55)64)63(46-21-8-3-9-22-46)49-25-12-16-43(34-49)40-60/h1-37H. The van der Waals surface area contributed by atoms with Crippen LogP contribution in [0.4, 0.5) is 51.2 Å². The smallest absolute Gasteiger partial charge is 0.0992 e. The van der Waals surface area contributed by atoms with Crippen molar-refractivity contribution in [1.82, 2.24) is 4.57 Å². The highest BCUT2D eigenvalue weighted by atomic mass is 15.2. The Bertz CT molecular complexity index is 3290. The minimum atomic E-state index is 0.575. The van der Waals surface area contributed by atoms with Gasteiger partial charge in [-0.3, -0.25) is 0 Å². The van der Waals surface area contributed by atoms with Gasteiger partial charge >= 0.3 is 0 Å². The van der Waals surface area contributed by atoms with Crippen LogP contribution in [0, 0.1) is 34.0 Å². The summed E-state index contributed by atoms with van der Waals surface area (Å²) in [6.45, 7) is 0. The molecule has 10 rings (SSSR count). The van der Waals surface area contributed by atoms with Crippen molar-refractivity contribution < 1.29 is 0 Å². The number of hydrogen-bond donors (Lipinski definition) is 0. The van der Waals surface area contributed by atoms with Crippen molar-refractivity contribution in [1.29, 1.82) is 15.8 Å². The van der Waals surface area contributed by atoms with Gasteiger partial charge in [0.25, 0.3) is 0 Å². The van der Waals surface area contributed by atoms with Crippen LogP contribution in [0.2, 0.25) is 0 Å². The number of fused-ring (bicyclic) bond motifs is 3. The third kappa shape index (κ3) is 7.31. The van der Waals surface area contributed by atoms with E-state index >= 15 is 0 Å². The first-order chi connectivity index (χ1) is 31.6. The second-order valence-electron chi connectivity index (χ2n) is 15.3. The molecule has 0 atom stereocenters. The van der Waals surface area contributed by atoms with Crippen LogP contribution in [-0.2, 0) is 0 Å². The average Bonchev–Trinajstić information content (AvgIpc) is 3.68. The van der Waals surface area contributed by atoms with Crippen LogP contribution < -0.4 is 14.7 Å². The summed E-state index contributed by atoms with van der Waals surface area (Å²) in [5.41, 5.74) is 13.0. The molecule has 0 N–H and O–H groups in total. The summed E-state index contributed by atoms with van der Waals surface area (Å²) < 4.78 is 2.31. The van der Waals surface area contributed by atoms with Gasteiger partial charge in [-0.1, -0.05) is 78.9 Å². The van der Waals surface area contributed by atoms with Crippen molar-refractivity contribution in [3.63, 3.8) is 0 Å². The lowest BCUT2D eigenvalue weighted by Crippen LogP contribution is -2.11. The Morgan fingerprint density at radius 2 is 0.594 bits per heavy atom. The van der Waals surface area contributed by atoms with Crippen molar-refractivity contribution in [3.05, 3.63) is 241 Å². The Morgan fingerprint density at radius 3 is 0.953 bits per heavy atom. The molecule has 300 valence electrons. The number of para-hydroxylation sites is 3. The van der Waals surface area contributed by atoms with Crippen LogP contribution in [0.3, 0.4) is 0 Å². The van der Waals surface area contributed by atoms with Crippen LogP contribution in [-0.4, -0.2) is 4.57 Å². The number of rotatable bonds is 10. The first-order valence-corrected chi connectivity index (χ1v) is 20.8. The maximum atomic E-state index is 9.92. The molecular formula is C57H37N7.